The van der Waals surface area contributed by atoms with Gasteiger partial charge < -0.3 is 0 Å². The third-order valence-electron chi connectivity index (χ3n) is 2.01. The van der Waals surface area contributed by atoms with Crippen LogP contribution in [0.1, 0.15) is 13.8 Å². The summed E-state index contributed by atoms with van der Waals surface area (Å²) in [7, 11) is 0. The molecule has 15 heavy (non-hydrogen) atoms. The van der Waals surface area contributed by atoms with Crippen molar-refractivity contribution in [2.45, 2.75) is 13.8 Å². The van der Waals surface area contributed by atoms with Crippen molar-refractivity contribution in [2.75, 3.05) is 0 Å². The van der Waals surface area contributed by atoms with Gasteiger partial charge in [-0.3, -0.25) is 0 Å². The van der Waals surface area contributed by atoms with Crippen LogP contribution in [0.4, 0.5) is 0 Å². The van der Waals surface area contributed by atoms with Crippen molar-refractivity contribution in [1.29, 1.82) is 0 Å². The van der Waals surface area contributed by atoms with Crippen molar-refractivity contribution in [1.82, 2.24) is 0 Å². The summed E-state index contributed by atoms with van der Waals surface area (Å²) in [5.74, 6) is 0. The van der Waals surface area contributed by atoms with Gasteiger partial charge in [-0.15, -0.1) is 5.73 Å². The molecule has 1 aliphatic rings. The lowest BCUT2D eigenvalue weighted by Gasteiger charge is -1.93. The largest absolute Gasteiger partial charge is 0.113 e. The second-order valence-electron chi connectivity index (χ2n) is 3.23. The van der Waals surface area contributed by atoms with Crippen LogP contribution in [0, 0.1) is 0 Å². The Bertz CT molecular complexity index is 403. The summed E-state index contributed by atoms with van der Waals surface area (Å²) in [6.07, 6.45) is 20.2. The molecule has 0 nitrogen and oxygen atoms in total. The van der Waals surface area contributed by atoms with Gasteiger partial charge in [-0.05, 0) is 31.6 Å². The highest BCUT2D eigenvalue weighted by molar-refractivity contribution is 5.44. The maximum atomic E-state index is 3.17. The molecule has 1 aliphatic carbocycles. The van der Waals surface area contributed by atoms with Crippen LogP contribution in [0.2, 0.25) is 0 Å². The van der Waals surface area contributed by atoms with E-state index in [1.165, 1.54) is 5.57 Å². The normalized spacial score (nSPS) is 16.4. The Labute approximate surface area is 92.0 Å². The Morgan fingerprint density at radius 2 is 1.87 bits per heavy atom. The second kappa shape index (κ2) is 6.64. The van der Waals surface area contributed by atoms with Crippen LogP contribution in [0.15, 0.2) is 77.6 Å². The third-order valence-corrected chi connectivity index (χ3v) is 2.01. The highest BCUT2D eigenvalue weighted by atomic mass is 14.0. The average molecular weight is 196 g/mol. The number of rotatable bonds is 4. The van der Waals surface area contributed by atoms with Gasteiger partial charge in [0.2, 0.25) is 0 Å². The zero-order valence-electron chi connectivity index (χ0n) is 9.27. The van der Waals surface area contributed by atoms with Crippen LogP contribution < -0.4 is 0 Å². The van der Waals surface area contributed by atoms with E-state index in [-0.39, 0.29) is 0 Å². The number of hydrogen-bond donors (Lipinski definition) is 0. The van der Waals surface area contributed by atoms with E-state index in [4.69, 9.17) is 0 Å². The molecule has 0 amide bonds. The van der Waals surface area contributed by atoms with Gasteiger partial charge in [-0.25, -0.2) is 0 Å². The predicted octanol–water partition coefficient (Wildman–Crippen LogP) is 4.27. The highest BCUT2D eigenvalue weighted by Gasteiger charge is 1.94. The Balaban J connectivity index is 2.50. The van der Waals surface area contributed by atoms with Crippen LogP contribution in [0.3, 0.4) is 0 Å². The van der Waals surface area contributed by atoms with Crippen molar-refractivity contribution >= 4 is 0 Å². The summed E-state index contributed by atoms with van der Waals surface area (Å²) in [5.41, 5.74) is 5.56. The monoisotopic (exact) mass is 196 g/mol. The zero-order valence-corrected chi connectivity index (χ0v) is 9.27. The van der Waals surface area contributed by atoms with E-state index in [1.807, 2.05) is 55.5 Å². The second-order valence-corrected chi connectivity index (χ2v) is 3.23. The quantitative estimate of drug-likeness (QED) is 0.465. The van der Waals surface area contributed by atoms with E-state index in [1.54, 1.807) is 0 Å². The molecule has 1 rings (SSSR count). The van der Waals surface area contributed by atoms with Gasteiger partial charge in [0.05, 0.1) is 0 Å². The average Bonchev–Trinajstić information content (AvgIpc) is 2.76. The molecule has 0 N–H and O–H groups in total. The van der Waals surface area contributed by atoms with E-state index in [2.05, 4.69) is 24.8 Å². The van der Waals surface area contributed by atoms with Crippen LogP contribution in [-0.4, -0.2) is 0 Å². The highest BCUT2D eigenvalue weighted by Crippen LogP contribution is 2.12. The molecule has 0 atom stereocenters. The standard InChI is InChI=1S/C15H16/c1-3-4-5-6-7-8-11-14(2)15-12-9-10-13-15/h3-12H,1-2H3/b4-3+,6-5-,8-7-,14-11+. The maximum Gasteiger partial charge on any atom is 0.0194 e. The van der Waals surface area contributed by atoms with E-state index < -0.39 is 0 Å². The lowest BCUT2D eigenvalue weighted by atomic mass is 10.1. The molecule has 0 heterocycles. The molecular weight excluding hydrogens is 180 g/mol. The topological polar surface area (TPSA) is 0 Å². The fourth-order valence-corrected chi connectivity index (χ4v) is 1.17. The molecule has 0 fully saturated rings. The molecule has 76 valence electrons. The minimum absolute atomic E-state index is 1.16. The molecule has 0 bridgehead atoms. The summed E-state index contributed by atoms with van der Waals surface area (Å²) >= 11 is 0. The van der Waals surface area contributed by atoms with Gasteiger partial charge in [0.1, 0.15) is 0 Å². The Morgan fingerprint density at radius 1 is 1.13 bits per heavy atom. The molecule has 0 spiro atoms. The summed E-state index contributed by atoms with van der Waals surface area (Å²) in [6.45, 7) is 4.09. The first kappa shape index (κ1) is 11.3. The molecule has 0 aromatic heterocycles. The van der Waals surface area contributed by atoms with Gasteiger partial charge in [-0.1, -0.05) is 48.6 Å². The molecule has 0 aromatic carbocycles. The summed E-state index contributed by atoms with van der Waals surface area (Å²) < 4.78 is 0. The fraction of sp³-hybridized carbons (Fsp3) is 0.133. The Hall–Kier alpha value is -1.78. The number of allylic oxidation sites excluding steroid dienone is 11. The van der Waals surface area contributed by atoms with E-state index in [0.29, 0.717) is 0 Å². The van der Waals surface area contributed by atoms with Crippen molar-refractivity contribution in [3.05, 3.63) is 77.6 Å². The molecule has 0 aliphatic heterocycles. The van der Waals surface area contributed by atoms with Crippen LogP contribution >= 0.6 is 0 Å². The first-order valence-electron chi connectivity index (χ1n) is 5.11. The van der Waals surface area contributed by atoms with Crippen LogP contribution in [-0.2, 0) is 0 Å². The SMILES string of the molecule is C/C=C/C=C\C=C/C=C(\C)C1=C=CC=C1. The van der Waals surface area contributed by atoms with Crippen LogP contribution in [0.25, 0.3) is 0 Å². The summed E-state index contributed by atoms with van der Waals surface area (Å²) in [5, 5.41) is 0. The fourth-order valence-electron chi connectivity index (χ4n) is 1.17. The molecule has 0 saturated heterocycles. The van der Waals surface area contributed by atoms with Gasteiger partial charge in [0.15, 0.2) is 0 Å². The van der Waals surface area contributed by atoms with Gasteiger partial charge in [0.25, 0.3) is 0 Å². The molecule has 0 saturated carbocycles. The van der Waals surface area contributed by atoms with Gasteiger partial charge in [0, 0.05) is 5.57 Å². The summed E-state index contributed by atoms with van der Waals surface area (Å²) in [6, 6.07) is 0. The molecule has 0 unspecified atom stereocenters. The molecular formula is C15H16. The Kier molecular flexibility index (Phi) is 5.00. The molecule has 0 heteroatoms. The first-order valence-corrected chi connectivity index (χ1v) is 5.11. The van der Waals surface area contributed by atoms with Crippen molar-refractivity contribution in [2.24, 2.45) is 0 Å². The third kappa shape index (κ3) is 4.30. The maximum absolute atomic E-state index is 3.17. The van der Waals surface area contributed by atoms with Gasteiger partial charge in [-0.2, -0.15) is 0 Å². The minimum atomic E-state index is 1.16. The Morgan fingerprint density at radius 3 is 2.53 bits per heavy atom. The predicted molar refractivity (Wildman–Crippen MR) is 67.6 cm³/mol. The first-order chi connectivity index (χ1) is 7.34. The molecule has 0 aromatic rings. The minimum Gasteiger partial charge on any atom is -0.113 e. The van der Waals surface area contributed by atoms with Crippen molar-refractivity contribution in [3.63, 3.8) is 0 Å². The summed E-state index contributed by atoms with van der Waals surface area (Å²) in [4.78, 5) is 0. The van der Waals surface area contributed by atoms with Crippen molar-refractivity contribution in [3.8, 4) is 0 Å². The van der Waals surface area contributed by atoms with Crippen molar-refractivity contribution < 1.29 is 0 Å². The zero-order chi connectivity index (χ0) is 10.9. The van der Waals surface area contributed by atoms with E-state index >= 15 is 0 Å². The van der Waals surface area contributed by atoms with Crippen LogP contribution in [0.5, 0.6) is 0 Å². The lowest BCUT2D eigenvalue weighted by molar-refractivity contribution is 1.45. The molecule has 0 radical (unpaired) electrons. The number of hydrogen-bond acceptors (Lipinski definition) is 0. The smallest absolute Gasteiger partial charge is 0.0194 e. The van der Waals surface area contributed by atoms with Gasteiger partial charge >= 0.3 is 0 Å². The lowest BCUT2D eigenvalue weighted by Crippen LogP contribution is -1.75. The van der Waals surface area contributed by atoms with E-state index in [0.717, 1.165) is 5.57 Å². The van der Waals surface area contributed by atoms with E-state index in [9.17, 15) is 0 Å².